The van der Waals surface area contributed by atoms with Gasteiger partial charge in [0.2, 0.25) is 5.91 Å². The van der Waals surface area contributed by atoms with Crippen LogP contribution < -0.4 is 0 Å². The third-order valence-electron chi connectivity index (χ3n) is 4.50. The molecule has 3 heteroatoms. The number of likely N-dealkylation sites (tertiary alicyclic amines) is 1. The number of carbonyl (C=O) groups excluding carboxylic acids is 1. The molecule has 0 spiro atoms. The van der Waals surface area contributed by atoms with Crippen molar-refractivity contribution in [2.75, 3.05) is 13.1 Å². The average molecular weight is 268 g/mol. The van der Waals surface area contributed by atoms with Crippen molar-refractivity contribution in [1.82, 2.24) is 4.90 Å². The van der Waals surface area contributed by atoms with Crippen molar-refractivity contribution in [3.8, 4) is 0 Å². The molecule has 0 aromatic heterocycles. The molecule has 3 nitrogen and oxygen atoms in total. The van der Waals surface area contributed by atoms with Gasteiger partial charge in [0.1, 0.15) is 0 Å². The van der Waals surface area contributed by atoms with Crippen molar-refractivity contribution in [3.05, 3.63) is 41.5 Å². The fraction of sp³-hybridized carbons (Fsp3) is 0.412. The number of amides is 1. The summed E-state index contributed by atoms with van der Waals surface area (Å²) in [6, 6.07) is 4.47. The number of nitrogens with zero attached hydrogens (tertiary/aromatic N) is 2. The highest BCUT2D eigenvalue weighted by Gasteiger charge is 2.38. The van der Waals surface area contributed by atoms with E-state index in [9.17, 15) is 4.79 Å². The van der Waals surface area contributed by atoms with Crippen LogP contribution in [0.15, 0.2) is 29.8 Å². The van der Waals surface area contributed by atoms with E-state index in [4.69, 9.17) is 0 Å². The molecule has 1 aliphatic heterocycles. The van der Waals surface area contributed by atoms with Crippen LogP contribution in [0.5, 0.6) is 0 Å². The molecule has 0 saturated carbocycles. The molecule has 2 aliphatic rings. The number of fused-ring (bicyclic) bond motifs is 5. The minimum absolute atomic E-state index is 0.189. The van der Waals surface area contributed by atoms with Gasteiger partial charge in [0, 0.05) is 38.1 Å². The molecule has 1 aromatic carbocycles. The Morgan fingerprint density at radius 2 is 2.00 bits per heavy atom. The highest BCUT2D eigenvalue weighted by molar-refractivity contribution is 5.75. The molecule has 1 fully saturated rings. The lowest BCUT2D eigenvalue weighted by Crippen LogP contribution is -2.38. The largest absolute Gasteiger partial charge is 0.342 e. The van der Waals surface area contributed by atoms with Crippen LogP contribution >= 0.6 is 0 Å². The van der Waals surface area contributed by atoms with Gasteiger partial charge in [-0.15, -0.1) is 0 Å². The summed E-state index contributed by atoms with van der Waals surface area (Å²) in [6.45, 7) is 9.15. The second kappa shape index (κ2) is 4.89. The highest BCUT2D eigenvalue weighted by Crippen LogP contribution is 2.47. The van der Waals surface area contributed by atoms with E-state index < -0.39 is 0 Å². The maximum atomic E-state index is 11.6. The summed E-state index contributed by atoms with van der Waals surface area (Å²) in [5, 5.41) is 0. The molecule has 2 bridgehead atoms. The summed E-state index contributed by atoms with van der Waals surface area (Å²) in [7, 11) is 0. The number of hydrogen-bond acceptors (Lipinski definition) is 2. The molecule has 20 heavy (non-hydrogen) atoms. The van der Waals surface area contributed by atoms with Crippen LogP contribution in [0.25, 0.3) is 0 Å². The van der Waals surface area contributed by atoms with E-state index in [2.05, 4.69) is 30.6 Å². The molecule has 1 saturated heterocycles. The lowest BCUT2D eigenvalue weighted by Gasteiger charge is -2.31. The lowest BCUT2D eigenvalue weighted by atomic mass is 9.96. The normalized spacial score (nSPS) is 24.0. The maximum absolute atomic E-state index is 11.6. The van der Waals surface area contributed by atoms with Gasteiger partial charge in [-0.2, -0.15) is 0 Å². The second-order valence-corrected chi connectivity index (χ2v) is 5.84. The molecule has 3 rings (SSSR count). The van der Waals surface area contributed by atoms with Crippen molar-refractivity contribution >= 4 is 17.8 Å². The van der Waals surface area contributed by atoms with Gasteiger partial charge in [-0.05, 0) is 36.1 Å². The van der Waals surface area contributed by atoms with Gasteiger partial charge >= 0.3 is 0 Å². The highest BCUT2D eigenvalue weighted by atomic mass is 16.2. The average Bonchev–Trinajstić information content (AvgIpc) is 2.67. The van der Waals surface area contributed by atoms with Crippen LogP contribution in [0.4, 0.5) is 5.69 Å². The molecule has 1 heterocycles. The number of aliphatic imine (C=N–C) groups is 1. The SMILES string of the molecule is C=CC=Nc1cc2c(cc1C)C1CC2CN(C(C)=O)C1. The first-order valence-corrected chi connectivity index (χ1v) is 7.15. The molecular weight excluding hydrogens is 248 g/mol. The summed E-state index contributed by atoms with van der Waals surface area (Å²) < 4.78 is 0. The Bertz CT molecular complexity index is 603. The van der Waals surface area contributed by atoms with Gasteiger partial charge in [-0.3, -0.25) is 9.79 Å². The van der Waals surface area contributed by atoms with Gasteiger partial charge in [0.15, 0.2) is 0 Å². The Morgan fingerprint density at radius 3 is 2.60 bits per heavy atom. The number of piperidine rings is 1. The molecule has 2 unspecified atom stereocenters. The van der Waals surface area contributed by atoms with Crippen LogP contribution in [0.2, 0.25) is 0 Å². The summed E-state index contributed by atoms with van der Waals surface area (Å²) >= 11 is 0. The first-order valence-electron chi connectivity index (χ1n) is 7.15. The first-order chi connectivity index (χ1) is 9.60. The Morgan fingerprint density at radius 1 is 1.35 bits per heavy atom. The lowest BCUT2D eigenvalue weighted by molar-refractivity contribution is -0.130. The van der Waals surface area contributed by atoms with Crippen LogP contribution in [0, 0.1) is 6.92 Å². The Kier molecular flexibility index (Phi) is 3.20. The van der Waals surface area contributed by atoms with E-state index in [0.717, 1.165) is 18.8 Å². The quantitative estimate of drug-likeness (QED) is 0.757. The third kappa shape index (κ3) is 2.07. The topological polar surface area (TPSA) is 32.7 Å². The zero-order valence-corrected chi connectivity index (χ0v) is 12.1. The second-order valence-electron chi connectivity index (χ2n) is 5.84. The molecule has 2 atom stereocenters. The standard InChI is InChI=1S/C17H20N2O/c1-4-5-18-17-8-16-14-7-13(15(16)6-11(17)2)9-19(10-14)12(3)20/h4-6,8,13-14H,1,7,9-10H2,2-3H3. The zero-order chi connectivity index (χ0) is 14.3. The van der Waals surface area contributed by atoms with E-state index in [1.54, 1.807) is 19.2 Å². The van der Waals surface area contributed by atoms with Gasteiger partial charge in [-0.25, -0.2) is 0 Å². The van der Waals surface area contributed by atoms with Crippen LogP contribution in [-0.2, 0) is 4.79 Å². The summed E-state index contributed by atoms with van der Waals surface area (Å²) in [5.41, 5.74) is 5.03. The van der Waals surface area contributed by atoms with Gasteiger partial charge in [-0.1, -0.05) is 18.7 Å². The molecule has 0 N–H and O–H groups in total. The molecule has 1 aromatic rings. The number of hydrogen-bond donors (Lipinski definition) is 0. The molecule has 104 valence electrons. The molecule has 1 aliphatic carbocycles. The summed E-state index contributed by atoms with van der Waals surface area (Å²) in [6.07, 6.45) is 4.60. The van der Waals surface area contributed by atoms with Crippen molar-refractivity contribution in [2.45, 2.75) is 32.1 Å². The van der Waals surface area contributed by atoms with E-state index in [1.807, 2.05) is 4.90 Å². The minimum atomic E-state index is 0.189. The number of allylic oxidation sites excluding steroid dienone is 1. The van der Waals surface area contributed by atoms with E-state index in [0.29, 0.717) is 11.8 Å². The fourth-order valence-electron chi connectivity index (χ4n) is 3.52. The minimum Gasteiger partial charge on any atom is -0.342 e. The first kappa shape index (κ1) is 13.1. The Hall–Kier alpha value is -1.90. The number of rotatable bonds is 2. The van der Waals surface area contributed by atoms with Crippen molar-refractivity contribution in [1.29, 1.82) is 0 Å². The smallest absolute Gasteiger partial charge is 0.219 e. The van der Waals surface area contributed by atoms with Gasteiger partial charge < -0.3 is 4.90 Å². The van der Waals surface area contributed by atoms with Crippen LogP contribution in [0.3, 0.4) is 0 Å². The molecule has 0 radical (unpaired) electrons. The van der Waals surface area contributed by atoms with Crippen LogP contribution in [-0.4, -0.2) is 30.1 Å². The monoisotopic (exact) mass is 268 g/mol. The van der Waals surface area contributed by atoms with E-state index in [1.165, 1.54) is 23.1 Å². The predicted octanol–water partition coefficient (Wildman–Crippen LogP) is 3.32. The van der Waals surface area contributed by atoms with E-state index >= 15 is 0 Å². The number of carbonyl (C=O) groups is 1. The van der Waals surface area contributed by atoms with Crippen LogP contribution in [0.1, 0.15) is 41.9 Å². The predicted molar refractivity (Wildman–Crippen MR) is 81.9 cm³/mol. The van der Waals surface area contributed by atoms with Crippen molar-refractivity contribution < 1.29 is 4.79 Å². The fourth-order valence-corrected chi connectivity index (χ4v) is 3.52. The van der Waals surface area contributed by atoms with Crippen molar-refractivity contribution in [2.24, 2.45) is 4.99 Å². The number of aryl methyl sites for hydroxylation is 1. The van der Waals surface area contributed by atoms with Gasteiger partial charge in [0.05, 0.1) is 5.69 Å². The zero-order valence-electron chi connectivity index (χ0n) is 12.1. The van der Waals surface area contributed by atoms with Crippen molar-refractivity contribution in [3.63, 3.8) is 0 Å². The van der Waals surface area contributed by atoms with Gasteiger partial charge in [0.25, 0.3) is 0 Å². The Labute approximate surface area is 120 Å². The summed E-state index contributed by atoms with van der Waals surface area (Å²) in [5.74, 6) is 1.17. The molecular formula is C17H20N2O. The summed E-state index contributed by atoms with van der Waals surface area (Å²) in [4.78, 5) is 18.1. The van der Waals surface area contributed by atoms with E-state index in [-0.39, 0.29) is 5.91 Å². The molecule has 1 amide bonds. The third-order valence-corrected chi connectivity index (χ3v) is 4.50. The maximum Gasteiger partial charge on any atom is 0.219 e. The number of benzene rings is 1. The Balaban J connectivity index is 1.99.